The average Bonchev–Trinajstić information content (AvgIpc) is 3.44. The number of benzene rings is 1. The molecular weight excluding hydrogens is 464 g/mol. The Morgan fingerprint density at radius 3 is 2.49 bits per heavy atom. The van der Waals surface area contributed by atoms with Gasteiger partial charge in [0.2, 0.25) is 17.7 Å². The predicted molar refractivity (Wildman–Crippen MR) is 139 cm³/mol. The summed E-state index contributed by atoms with van der Waals surface area (Å²) in [4.78, 5) is 25.5. The molecule has 1 saturated heterocycles. The van der Waals surface area contributed by atoms with Crippen molar-refractivity contribution in [2.45, 2.75) is 58.0 Å². The highest BCUT2D eigenvalue weighted by Crippen LogP contribution is 2.39. The van der Waals surface area contributed by atoms with Crippen LogP contribution in [0.25, 0.3) is 10.9 Å². The molecule has 35 heavy (non-hydrogen) atoms. The van der Waals surface area contributed by atoms with Gasteiger partial charge in [-0.3, -0.25) is 4.79 Å². The second kappa shape index (κ2) is 9.57. The van der Waals surface area contributed by atoms with E-state index in [0.29, 0.717) is 43.6 Å². The summed E-state index contributed by atoms with van der Waals surface area (Å²) in [6, 6.07) is 8.45. The van der Waals surface area contributed by atoms with E-state index in [0.717, 1.165) is 35.5 Å². The Kier molecular flexibility index (Phi) is 6.49. The Balaban J connectivity index is 1.50. The Morgan fingerprint density at radius 2 is 1.83 bits per heavy atom. The van der Waals surface area contributed by atoms with Crippen molar-refractivity contribution in [3.05, 3.63) is 41.0 Å². The van der Waals surface area contributed by atoms with Crippen LogP contribution < -0.4 is 10.2 Å². The van der Waals surface area contributed by atoms with Crippen molar-refractivity contribution in [1.29, 1.82) is 0 Å². The summed E-state index contributed by atoms with van der Waals surface area (Å²) < 4.78 is 1.84. The summed E-state index contributed by atoms with van der Waals surface area (Å²) >= 11 is 6.13. The van der Waals surface area contributed by atoms with Crippen LogP contribution in [0, 0.1) is 0 Å². The molecule has 1 aromatic carbocycles. The van der Waals surface area contributed by atoms with Crippen molar-refractivity contribution in [2.75, 3.05) is 36.4 Å². The summed E-state index contributed by atoms with van der Waals surface area (Å²) in [6.45, 7) is 8.27. The number of fused-ring (bicyclic) bond motifs is 1. The van der Waals surface area contributed by atoms with Crippen LogP contribution in [-0.2, 0) is 4.79 Å². The molecule has 0 bridgehead atoms. The standard InChI is InChI=1S/C26H33ClN6O2/c1-16(2)33-15-21-23(25(33)35)29-26(32-13-11-31(12-14-32)17(3)34)30-24(21)28-22-6-4-5-20(22)18-7-9-19(27)10-8-18/h7-10,15-16,20,22,35H,4-6,11-14H2,1-3H3,(H,28,29,30)/t20-,22+/m0/s1. The fourth-order valence-corrected chi connectivity index (χ4v) is 5.48. The minimum Gasteiger partial charge on any atom is -0.493 e. The van der Waals surface area contributed by atoms with Gasteiger partial charge in [-0.2, -0.15) is 4.98 Å². The van der Waals surface area contributed by atoms with Gasteiger partial charge in [-0.1, -0.05) is 30.2 Å². The van der Waals surface area contributed by atoms with Gasteiger partial charge in [0.05, 0.1) is 5.39 Å². The van der Waals surface area contributed by atoms with Gasteiger partial charge in [0.25, 0.3) is 0 Å². The summed E-state index contributed by atoms with van der Waals surface area (Å²) in [7, 11) is 0. The van der Waals surface area contributed by atoms with Crippen LogP contribution in [0.1, 0.15) is 57.6 Å². The maximum atomic E-state index is 11.8. The van der Waals surface area contributed by atoms with Crippen LogP contribution in [0.15, 0.2) is 30.5 Å². The number of nitrogens with one attached hydrogen (secondary N) is 1. The highest BCUT2D eigenvalue weighted by molar-refractivity contribution is 6.30. The maximum Gasteiger partial charge on any atom is 0.228 e. The zero-order valence-electron chi connectivity index (χ0n) is 20.5. The molecule has 2 aromatic heterocycles. The van der Waals surface area contributed by atoms with Gasteiger partial charge < -0.3 is 24.8 Å². The fraction of sp³-hybridized carbons (Fsp3) is 0.500. The lowest BCUT2D eigenvalue weighted by Crippen LogP contribution is -2.48. The highest BCUT2D eigenvalue weighted by Gasteiger charge is 2.31. The second-order valence-corrected chi connectivity index (χ2v) is 10.4. The number of nitrogens with zero attached hydrogens (tertiary/aromatic N) is 5. The number of hydrogen-bond donors (Lipinski definition) is 2. The number of piperazine rings is 1. The molecule has 0 spiro atoms. The van der Waals surface area contributed by atoms with Crippen molar-refractivity contribution in [3.63, 3.8) is 0 Å². The molecule has 1 amide bonds. The summed E-state index contributed by atoms with van der Waals surface area (Å²) in [6.07, 6.45) is 5.23. The smallest absolute Gasteiger partial charge is 0.228 e. The third kappa shape index (κ3) is 4.63. The molecule has 0 unspecified atom stereocenters. The molecule has 1 aliphatic heterocycles. The quantitative estimate of drug-likeness (QED) is 0.528. The van der Waals surface area contributed by atoms with E-state index in [9.17, 15) is 9.90 Å². The van der Waals surface area contributed by atoms with E-state index in [2.05, 4.69) is 22.3 Å². The molecule has 2 aliphatic rings. The zero-order chi connectivity index (χ0) is 24.7. The third-order valence-corrected chi connectivity index (χ3v) is 7.61. The molecule has 1 aliphatic carbocycles. The molecule has 2 fully saturated rings. The van der Waals surface area contributed by atoms with Crippen molar-refractivity contribution >= 4 is 40.2 Å². The first kappa shape index (κ1) is 23.7. The van der Waals surface area contributed by atoms with Crippen LogP contribution in [0.5, 0.6) is 5.88 Å². The molecule has 1 saturated carbocycles. The third-order valence-electron chi connectivity index (χ3n) is 7.36. The van der Waals surface area contributed by atoms with E-state index in [-0.39, 0.29) is 23.9 Å². The first-order chi connectivity index (χ1) is 16.8. The minimum atomic E-state index is 0.0875. The predicted octanol–water partition coefficient (Wildman–Crippen LogP) is 4.79. The van der Waals surface area contributed by atoms with Crippen molar-refractivity contribution in [2.24, 2.45) is 0 Å². The van der Waals surface area contributed by atoms with Crippen molar-refractivity contribution < 1.29 is 9.90 Å². The van der Waals surface area contributed by atoms with E-state index >= 15 is 0 Å². The lowest BCUT2D eigenvalue weighted by Gasteiger charge is -2.34. The largest absolute Gasteiger partial charge is 0.493 e. The molecule has 186 valence electrons. The SMILES string of the molecule is CC(=O)N1CCN(c2nc(N[C@@H]3CCC[C@H]3c3ccc(Cl)cc3)c3cn(C(C)C)c(O)c3n2)CC1. The Labute approximate surface area is 210 Å². The number of aromatic hydroxyl groups is 1. The highest BCUT2D eigenvalue weighted by atomic mass is 35.5. The van der Waals surface area contributed by atoms with Gasteiger partial charge in [-0.05, 0) is 44.4 Å². The van der Waals surface area contributed by atoms with Crippen molar-refractivity contribution in [3.8, 4) is 5.88 Å². The maximum absolute atomic E-state index is 11.8. The molecule has 9 heteroatoms. The molecule has 2 atom stereocenters. The van der Waals surface area contributed by atoms with Crippen LogP contribution in [0.3, 0.4) is 0 Å². The van der Waals surface area contributed by atoms with E-state index < -0.39 is 0 Å². The number of aromatic nitrogens is 3. The number of rotatable bonds is 5. The zero-order valence-corrected chi connectivity index (χ0v) is 21.3. The molecule has 0 radical (unpaired) electrons. The van der Waals surface area contributed by atoms with Crippen LogP contribution in [-0.4, -0.2) is 62.7 Å². The molecule has 8 nitrogen and oxygen atoms in total. The molecular formula is C26H33ClN6O2. The fourth-order valence-electron chi connectivity index (χ4n) is 5.36. The first-order valence-corrected chi connectivity index (χ1v) is 12.8. The first-order valence-electron chi connectivity index (χ1n) is 12.5. The Hall–Kier alpha value is -3.00. The van der Waals surface area contributed by atoms with Gasteiger partial charge >= 0.3 is 0 Å². The molecule has 2 N–H and O–H groups in total. The molecule has 3 aromatic rings. The number of halogens is 1. The van der Waals surface area contributed by atoms with Crippen LogP contribution in [0.2, 0.25) is 5.02 Å². The van der Waals surface area contributed by atoms with Crippen LogP contribution in [0.4, 0.5) is 11.8 Å². The van der Waals surface area contributed by atoms with E-state index in [1.54, 1.807) is 6.92 Å². The van der Waals surface area contributed by atoms with Gasteiger partial charge in [0.1, 0.15) is 11.3 Å². The summed E-state index contributed by atoms with van der Waals surface area (Å²) in [5.74, 6) is 1.94. The average molecular weight is 497 g/mol. The lowest BCUT2D eigenvalue weighted by atomic mass is 9.94. The monoisotopic (exact) mass is 496 g/mol. The van der Waals surface area contributed by atoms with Gasteiger partial charge in [-0.15, -0.1) is 0 Å². The van der Waals surface area contributed by atoms with Gasteiger partial charge in [0.15, 0.2) is 0 Å². The van der Waals surface area contributed by atoms with E-state index in [4.69, 9.17) is 21.6 Å². The van der Waals surface area contributed by atoms with E-state index in [1.807, 2.05) is 41.6 Å². The Morgan fingerprint density at radius 1 is 1.11 bits per heavy atom. The number of amides is 1. The minimum absolute atomic E-state index is 0.0875. The van der Waals surface area contributed by atoms with Crippen molar-refractivity contribution in [1.82, 2.24) is 19.4 Å². The number of carbonyl (C=O) groups excluding carboxylic acids is 1. The van der Waals surface area contributed by atoms with E-state index in [1.165, 1.54) is 5.56 Å². The van der Waals surface area contributed by atoms with Gasteiger partial charge in [0, 0.05) is 62.3 Å². The summed E-state index contributed by atoms with van der Waals surface area (Å²) in [5, 5.41) is 16.3. The lowest BCUT2D eigenvalue weighted by molar-refractivity contribution is -0.129. The number of hydrogen-bond acceptors (Lipinski definition) is 6. The Bertz CT molecular complexity index is 1220. The molecule has 3 heterocycles. The summed E-state index contributed by atoms with van der Waals surface area (Å²) in [5.41, 5.74) is 1.83. The number of anilines is 2. The normalized spacial score (nSPS) is 20.7. The van der Waals surface area contributed by atoms with Gasteiger partial charge in [-0.25, -0.2) is 4.98 Å². The second-order valence-electron chi connectivity index (χ2n) is 9.92. The van der Waals surface area contributed by atoms with Crippen LogP contribution >= 0.6 is 11.6 Å². The molecule has 5 rings (SSSR count). The topological polar surface area (TPSA) is 86.5 Å². The number of carbonyl (C=O) groups is 1.